The van der Waals surface area contributed by atoms with Gasteiger partial charge in [-0.1, -0.05) is 6.07 Å². The summed E-state index contributed by atoms with van der Waals surface area (Å²) in [6.45, 7) is 1.60. The van der Waals surface area contributed by atoms with Gasteiger partial charge in [-0.15, -0.1) is 0 Å². The third-order valence-corrected chi connectivity index (χ3v) is 2.68. The fourth-order valence-electron chi connectivity index (χ4n) is 1.87. The summed E-state index contributed by atoms with van der Waals surface area (Å²) in [5.74, 6) is 0.0800. The van der Waals surface area contributed by atoms with Gasteiger partial charge in [0.25, 0.3) is 0 Å². The Morgan fingerprint density at radius 3 is 2.77 bits per heavy atom. The number of carbonyl (C=O) groups is 1. The Morgan fingerprint density at radius 2 is 2.08 bits per heavy atom. The Hall–Kier alpha value is -1.18. The second kappa shape index (κ2) is 2.95. The van der Waals surface area contributed by atoms with Gasteiger partial charge in [0.1, 0.15) is 11.6 Å². The first-order valence-electron chi connectivity index (χ1n) is 4.44. The highest BCUT2D eigenvalue weighted by Gasteiger charge is 2.24. The smallest absolute Gasteiger partial charge is 0.133 e. The van der Waals surface area contributed by atoms with Crippen molar-refractivity contribution >= 4 is 5.78 Å². The molecule has 68 valence electrons. The molecule has 0 heterocycles. The van der Waals surface area contributed by atoms with E-state index in [4.69, 9.17) is 0 Å². The number of ketones is 1. The minimum Gasteiger partial charge on any atom is -0.300 e. The predicted octanol–water partition coefficient (Wildman–Crippen LogP) is 2.13. The van der Waals surface area contributed by atoms with Crippen LogP contribution in [0.3, 0.4) is 0 Å². The van der Waals surface area contributed by atoms with Crippen LogP contribution in [0.4, 0.5) is 4.39 Å². The maximum absolute atomic E-state index is 12.8. The molecule has 0 amide bonds. The lowest BCUT2D eigenvalue weighted by Crippen LogP contribution is -2.09. The van der Waals surface area contributed by atoms with Crippen LogP contribution in [0, 0.1) is 11.7 Å². The number of fused-ring (bicyclic) bond motifs is 1. The van der Waals surface area contributed by atoms with Crippen molar-refractivity contribution in [2.45, 2.75) is 19.8 Å². The molecule has 0 saturated carbocycles. The molecule has 0 saturated heterocycles. The normalized spacial score (nSPS) is 20.0. The van der Waals surface area contributed by atoms with Crippen molar-refractivity contribution in [3.8, 4) is 0 Å². The molecule has 0 aromatic heterocycles. The minimum atomic E-state index is -0.206. The average molecular weight is 178 g/mol. The molecule has 0 fully saturated rings. The van der Waals surface area contributed by atoms with Gasteiger partial charge in [0, 0.05) is 5.92 Å². The van der Waals surface area contributed by atoms with E-state index in [0.29, 0.717) is 6.42 Å². The third kappa shape index (κ3) is 1.48. The van der Waals surface area contributed by atoms with Gasteiger partial charge in [0.05, 0.1) is 0 Å². The Bertz CT molecular complexity index is 357. The monoisotopic (exact) mass is 178 g/mol. The Labute approximate surface area is 76.6 Å². The zero-order chi connectivity index (χ0) is 9.42. The molecule has 2 rings (SSSR count). The molecule has 0 radical (unpaired) electrons. The van der Waals surface area contributed by atoms with Gasteiger partial charge in [0.2, 0.25) is 0 Å². The van der Waals surface area contributed by atoms with Crippen LogP contribution < -0.4 is 0 Å². The van der Waals surface area contributed by atoms with Crippen LogP contribution in [-0.4, -0.2) is 5.78 Å². The standard InChI is InChI=1S/C11H11FO/c1-7(13)9-4-8-2-3-11(12)6-10(8)5-9/h2-3,6,9H,4-5H2,1H3/t9-/m1/s1. The Morgan fingerprint density at radius 1 is 1.38 bits per heavy atom. The number of carbonyl (C=O) groups excluding carboxylic acids is 1. The molecule has 0 N–H and O–H groups in total. The molecule has 0 aliphatic heterocycles. The number of Topliss-reactive ketones (excluding diaryl/α,β-unsaturated/α-hetero) is 1. The summed E-state index contributed by atoms with van der Waals surface area (Å²) < 4.78 is 12.8. The summed E-state index contributed by atoms with van der Waals surface area (Å²) in [4.78, 5) is 11.1. The Kier molecular flexibility index (Phi) is 1.91. The van der Waals surface area contributed by atoms with E-state index in [9.17, 15) is 9.18 Å². The van der Waals surface area contributed by atoms with Crippen molar-refractivity contribution in [1.29, 1.82) is 0 Å². The third-order valence-electron chi connectivity index (χ3n) is 2.68. The first kappa shape index (κ1) is 8.42. The summed E-state index contributed by atoms with van der Waals surface area (Å²) in [5, 5.41) is 0. The lowest BCUT2D eigenvalue weighted by atomic mass is 10.0. The van der Waals surface area contributed by atoms with Gasteiger partial charge < -0.3 is 0 Å². The molecule has 1 nitrogen and oxygen atoms in total. The van der Waals surface area contributed by atoms with E-state index in [1.165, 1.54) is 12.1 Å². The number of hydrogen-bond donors (Lipinski definition) is 0. The van der Waals surface area contributed by atoms with Crippen LogP contribution >= 0.6 is 0 Å². The van der Waals surface area contributed by atoms with Crippen molar-refractivity contribution in [3.63, 3.8) is 0 Å². The summed E-state index contributed by atoms with van der Waals surface area (Å²) in [6, 6.07) is 4.78. The summed E-state index contributed by atoms with van der Waals surface area (Å²) in [5.41, 5.74) is 2.13. The van der Waals surface area contributed by atoms with Crippen molar-refractivity contribution < 1.29 is 9.18 Å². The second-order valence-corrected chi connectivity index (χ2v) is 3.63. The van der Waals surface area contributed by atoms with Crippen LogP contribution in [0.1, 0.15) is 18.1 Å². The lowest BCUT2D eigenvalue weighted by Gasteiger charge is -2.00. The minimum absolute atomic E-state index is 0.0804. The maximum atomic E-state index is 12.8. The van der Waals surface area contributed by atoms with E-state index in [1.807, 2.05) is 0 Å². The van der Waals surface area contributed by atoms with Crippen molar-refractivity contribution in [3.05, 3.63) is 35.1 Å². The van der Waals surface area contributed by atoms with E-state index in [2.05, 4.69) is 0 Å². The molecule has 0 bridgehead atoms. The molecule has 0 spiro atoms. The zero-order valence-corrected chi connectivity index (χ0v) is 7.51. The van der Waals surface area contributed by atoms with Crippen LogP contribution in [-0.2, 0) is 17.6 Å². The second-order valence-electron chi connectivity index (χ2n) is 3.63. The SMILES string of the molecule is CC(=O)[C@@H]1Cc2ccc(F)cc2C1. The van der Waals surface area contributed by atoms with Crippen LogP contribution in [0.2, 0.25) is 0 Å². The topological polar surface area (TPSA) is 17.1 Å². The summed E-state index contributed by atoms with van der Waals surface area (Å²) >= 11 is 0. The van der Waals surface area contributed by atoms with Gasteiger partial charge in [-0.3, -0.25) is 4.79 Å². The van der Waals surface area contributed by atoms with Crippen LogP contribution in [0.5, 0.6) is 0 Å². The molecule has 0 unspecified atom stereocenters. The molecule has 2 heteroatoms. The molecule has 1 aromatic rings. The molecular formula is C11H11FO. The number of benzene rings is 1. The summed E-state index contributed by atoms with van der Waals surface area (Å²) in [7, 11) is 0. The lowest BCUT2D eigenvalue weighted by molar-refractivity contribution is -0.120. The van der Waals surface area contributed by atoms with E-state index in [-0.39, 0.29) is 17.5 Å². The quantitative estimate of drug-likeness (QED) is 0.643. The number of hydrogen-bond acceptors (Lipinski definition) is 1. The highest BCUT2D eigenvalue weighted by atomic mass is 19.1. The fourth-order valence-corrected chi connectivity index (χ4v) is 1.87. The molecule has 1 atom stereocenters. The molecular weight excluding hydrogens is 167 g/mol. The van der Waals surface area contributed by atoms with Crippen molar-refractivity contribution in [2.75, 3.05) is 0 Å². The van der Waals surface area contributed by atoms with E-state index in [0.717, 1.165) is 17.5 Å². The predicted molar refractivity (Wildman–Crippen MR) is 48.0 cm³/mol. The van der Waals surface area contributed by atoms with Gasteiger partial charge in [0.15, 0.2) is 0 Å². The highest BCUT2D eigenvalue weighted by Crippen LogP contribution is 2.27. The van der Waals surface area contributed by atoms with E-state index >= 15 is 0 Å². The van der Waals surface area contributed by atoms with Gasteiger partial charge >= 0.3 is 0 Å². The number of halogens is 1. The van der Waals surface area contributed by atoms with Crippen molar-refractivity contribution in [2.24, 2.45) is 5.92 Å². The largest absolute Gasteiger partial charge is 0.300 e. The Balaban J connectivity index is 2.30. The molecule has 1 aliphatic carbocycles. The van der Waals surface area contributed by atoms with Gasteiger partial charge in [-0.25, -0.2) is 4.39 Å². The van der Waals surface area contributed by atoms with Crippen LogP contribution in [0.15, 0.2) is 18.2 Å². The molecule has 1 aliphatic rings. The maximum Gasteiger partial charge on any atom is 0.133 e. The van der Waals surface area contributed by atoms with Crippen molar-refractivity contribution in [1.82, 2.24) is 0 Å². The molecule has 1 aromatic carbocycles. The molecule has 13 heavy (non-hydrogen) atoms. The zero-order valence-electron chi connectivity index (χ0n) is 7.51. The van der Waals surface area contributed by atoms with E-state index < -0.39 is 0 Å². The van der Waals surface area contributed by atoms with Crippen LogP contribution in [0.25, 0.3) is 0 Å². The number of rotatable bonds is 1. The highest BCUT2D eigenvalue weighted by molar-refractivity contribution is 5.79. The first-order chi connectivity index (χ1) is 6.16. The van der Waals surface area contributed by atoms with E-state index in [1.54, 1.807) is 13.0 Å². The summed E-state index contributed by atoms with van der Waals surface area (Å²) in [6.07, 6.45) is 1.49. The first-order valence-corrected chi connectivity index (χ1v) is 4.44. The fraction of sp³-hybridized carbons (Fsp3) is 0.364. The van der Waals surface area contributed by atoms with Gasteiger partial charge in [-0.05, 0) is 43.0 Å². The average Bonchev–Trinajstić information content (AvgIpc) is 2.46. The van der Waals surface area contributed by atoms with Gasteiger partial charge in [-0.2, -0.15) is 0 Å².